The number of hydrogen-bond acceptors (Lipinski definition) is 3. The number of aliphatic imine (C=N–C) groups is 1. The van der Waals surface area contributed by atoms with Gasteiger partial charge >= 0.3 is 0 Å². The summed E-state index contributed by atoms with van der Waals surface area (Å²) >= 11 is 0. The Balaban J connectivity index is 0.00000338. The summed E-state index contributed by atoms with van der Waals surface area (Å²) in [4.78, 5) is 18.2. The maximum absolute atomic E-state index is 11.5. The van der Waals surface area contributed by atoms with Crippen LogP contribution in [0.1, 0.15) is 30.4 Å². The van der Waals surface area contributed by atoms with Gasteiger partial charge in [-0.05, 0) is 29.9 Å². The molecule has 1 aliphatic heterocycles. The van der Waals surface area contributed by atoms with Gasteiger partial charge in [0.1, 0.15) is 0 Å². The van der Waals surface area contributed by atoms with Crippen molar-refractivity contribution in [1.29, 1.82) is 0 Å². The molecule has 7 heteroatoms. The van der Waals surface area contributed by atoms with Crippen molar-refractivity contribution in [3.05, 3.63) is 35.4 Å². The van der Waals surface area contributed by atoms with Crippen LogP contribution in [0.15, 0.2) is 29.3 Å². The SMILES string of the molecule is CN=C(NCc1ccccc1COC)N1CCC(CC(=O)NC)CC1.I. The Bertz CT molecular complexity index is 587. The van der Waals surface area contributed by atoms with E-state index in [0.717, 1.165) is 38.4 Å². The summed E-state index contributed by atoms with van der Waals surface area (Å²) in [7, 11) is 5.23. The Hall–Kier alpha value is -1.35. The van der Waals surface area contributed by atoms with Crippen LogP contribution in [0.5, 0.6) is 0 Å². The molecule has 0 bridgehead atoms. The van der Waals surface area contributed by atoms with E-state index in [-0.39, 0.29) is 29.9 Å². The number of amides is 1. The summed E-state index contributed by atoms with van der Waals surface area (Å²) in [6.07, 6.45) is 2.67. The lowest BCUT2D eigenvalue weighted by Gasteiger charge is -2.34. The fraction of sp³-hybridized carbons (Fsp3) is 0.579. The Kier molecular flexibility index (Phi) is 10.6. The molecule has 2 rings (SSSR count). The van der Waals surface area contributed by atoms with Gasteiger partial charge in [-0.15, -0.1) is 24.0 Å². The first-order valence-electron chi connectivity index (χ1n) is 8.89. The van der Waals surface area contributed by atoms with Crippen LogP contribution in [-0.2, 0) is 22.7 Å². The third-order valence-corrected chi connectivity index (χ3v) is 4.73. The molecule has 0 radical (unpaired) electrons. The molecule has 2 N–H and O–H groups in total. The maximum atomic E-state index is 11.5. The van der Waals surface area contributed by atoms with Gasteiger partial charge in [0.05, 0.1) is 6.61 Å². The molecule has 1 saturated heterocycles. The molecule has 0 spiro atoms. The lowest BCUT2D eigenvalue weighted by Crippen LogP contribution is -2.45. The number of rotatable bonds is 6. The summed E-state index contributed by atoms with van der Waals surface area (Å²) in [6.45, 7) is 3.20. The van der Waals surface area contributed by atoms with Crippen molar-refractivity contribution in [1.82, 2.24) is 15.5 Å². The molecule has 1 amide bonds. The summed E-state index contributed by atoms with van der Waals surface area (Å²) in [5, 5.41) is 6.17. The van der Waals surface area contributed by atoms with Gasteiger partial charge in [0.2, 0.25) is 5.91 Å². The quantitative estimate of drug-likeness (QED) is 0.378. The Morgan fingerprint density at radius 3 is 2.50 bits per heavy atom. The van der Waals surface area contributed by atoms with Crippen LogP contribution >= 0.6 is 24.0 Å². The van der Waals surface area contributed by atoms with E-state index in [1.54, 1.807) is 14.2 Å². The molecule has 1 aromatic rings. The van der Waals surface area contributed by atoms with Crippen LogP contribution < -0.4 is 10.6 Å². The van der Waals surface area contributed by atoms with Crippen LogP contribution in [0.25, 0.3) is 0 Å². The molecule has 6 nitrogen and oxygen atoms in total. The van der Waals surface area contributed by atoms with E-state index >= 15 is 0 Å². The first kappa shape index (κ1) is 22.7. The zero-order valence-electron chi connectivity index (χ0n) is 16.0. The molecule has 1 heterocycles. The van der Waals surface area contributed by atoms with Gasteiger partial charge in [0.25, 0.3) is 0 Å². The topological polar surface area (TPSA) is 66.0 Å². The predicted molar refractivity (Wildman–Crippen MR) is 116 cm³/mol. The van der Waals surface area contributed by atoms with E-state index in [2.05, 4.69) is 32.7 Å². The van der Waals surface area contributed by atoms with Gasteiger partial charge in [-0.25, -0.2) is 0 Å². The summed E-state index contributed by atoms with van der Waals surface area (Å²) in [5.41, 5.74) is 2.41. The number of carbonyl (C=O) groups is 1. The van der Waals surface area contributed by atoms with Crippen LogP contribution in [0.4, 0.5) is 0 Å². The van der Waals surface area contributed by atoms with Gasteiger partial charge < -0.3 is 20.3 Å². The number of piperidine rings is 1. The monoisotopic (exact) mass is 474 g/mol. The number of benzene rings is 1. The van der Waals surface area contributed by atoms with E-state index in [1.165, 1.54) is 11.1 Å². The van der Waals surface area contributed by atoms with E-state index in [9.17, 15) is 4.79 Å². The highest BCUT2D eigenvalue weighted by Gasteiger charge is 2.23. The van der Waals surface area contributed by atoms with Crippen LogP contribution in [0.3, 0.4) is 0 Å². The fourth-order valence-electron chi connectivity index (χ4n) is 3.25. The molecule has 146 valence electrons. The third kappa shape index (κ3) is 6.75. The first-order valence-corrected chi connectivity index (χ1v) is 8.89. The molecule has 1 fully saturated rings. The standard InChI is InChI=1S/C19H30N4O2.HI/c1-20-18(24)12-15-8-10-23(11-9-15)19(21-2)22-13-16-6-4-5-7-17(16)14-25-3;/h4-7,15H,8-14H2,1-3H3,(H,20,24)(H,21,22);1H. The number of methoxy groups -OCH3 is 1. The molecule has 0 unspecified atom stereocenters. The van der Waals surface area contributed by atoms with Crippen LogP contribution in [-0.4, -0.2) is 51.1 Å². The van der Waals surface area contributed by atoms with Crippen molar-refractivity contribution in [2.75, 3.05) is 34.3 Å². The summed E-state index contributed by atoms with van der Waals surface area (Å²) < 4.78 is 5.27. The van der Waals surface area contributed by atoms with Gasteiger partial charge in [0, 0.05) is 47.3 Å². The molecular weight excluding hydrogens is 443 g/mol. The number of nitrogens with one attached hydrogen (secondary N) is 2. The van der Waals surface area contributed by atoms with E-state index in [1.807, 2.05) is 19.2 Å². The van der Waals surface area contributed by atoms with Crippen LogP contribution in [0.2, 0.25) is 0 Å². The Morgan fingerprint density at radius 1 is 1.27 bits per heavy atom. The molecule has 1 aromatic carbocycles. The number of hydrogen-bond donors (Lipinski definition) is 2. The minimum atomic E-state index is 0. The van der Waals surface area contributed by atoms with Crippen molar-refractivity contribution in [2.24, 2.45) is 10.9 Å². The first-order chi connectivity index (χ1) is 12.2. The zero-order valence-corrected chi connectivity index (χ0v) is 18.3. The van der Waals surface area contributed by atoms with E-state index in [0.29, 0.717) is 18.9 Å². The van der Waals surface area contributed by atoms with Crippen molar-refractivity contribution in [2.45, 2.75) is 32.4 Å². The number of likely N-dealkylation sites (tertiary alicyclic amines) is 1. The second-order valence-electron chi connectivity index (χ2n) is 6.41. The summed E-state index contributed by atoms with van der Waals surface area (Å²) in [5.74, 6) is 1.53. The normalized spacial score (nSPS) is 15.3. The van der Waals surface area contributed by atoms with Gasteiger partial charge in [0.15, 0.2) is 5.96 Å². The summed E-state index contributed by atoms with van der Waals surface area (Å²) in [6, 6.07) is 8.28. The number of halogens is 1. The lowest BCUT2D eigenvalue weighted by atomic mass is 9.93. The second kappa shape index (κ2) is 12.1. The average Bonchev–Trinajstić information content (AvgIpc) is 2.65. The molecule has 0 aliphatic carbocycles. The smallest absolute Gasteiger partial charge is 0.220 e. The van der Waals surface area contributed by atoms with E-state index < -0.39 is 0 Å². The minimum absolute atomic E-state index is 0. The zero-order chi connectivity index (χ0) is 18.1. The molecule has 0 atom stereocenters. The van der Waals surface area contributed by atoms with Crippen molar-refractivity contribution in [3.8, 4) is 0 Å². The molecule has 1 aliphatic rings. The van der Waals surface area contributed by atoms with Gasteiger partial charge in [-0.1, -0.05) is 24.3 Å². The van der Waals surface area contributed by atoms with Crippen molar-refractivity contribution in [3.63, 3.8) is 0 Å². The largest absolute Gasteiger partial charge is 0.380 e. The van der Waals surface area contributed by atoms with Gasteiger partial charge in [-0.2, -0.15) is 0 Å². The van der Waals surface area contributed by atoms with Crippen LogP contribution in [0, 0.1) is 5.92 Å². The number of guanidine groups is 1. The maximum Gasteiger partial charge on any atom is 0.220 e. The van der Waals surface area contributed by atoms with Gasteiger partial charge in [-0.3, -0.25) is 9.79 Å². The highest BCUT2D eigenvalue weighted by molar-refractivity contribution is 14.0. The minimum Gasteiger partial charge on any atom is -0.380 e. The van der Waals surface area contributed by atoms with Crippen molar-refractivity contribution >= 4 is 35.8 Å². The molecule has 26 heavy (non-hydrogen) atoms. The molecule has 0 aromatic heterocycles. The second-order valence-corrected chi connectivity index (χ2v) is 6.41. The highest BCUT2D eigenvalue weighted by atomic mass is 127. The Morgan fingerprint density at radius 2 is 1.92 bits per heavy atom. The van der Waals surface area contributed by atoms with Crippen molar-refractivity contribution < 1.29 is 9.53 Å². The highest BCUT2D eigenvalue weighted by Crippen LogP contribution is 2.20. The number of ether oxygens (including phenoxy) is 1. The third-order valence-electron chi connectivity index (χ3n) is 4.73. The predicted octanol–water partition coefficient (Wildman–Crippen LogP) is 2.37. The number of nitrogens with zero attached hydrogens (tertiary/aromatic N) is 2. The average molecular weight is 474 g/mol. The lowest BCUT2D eigenvalue weighted by molar-refractivity contribution is -0.121. The molecular formula is C19H31IN4O2. The fourth-order valence-corrected chi connectivity index (χ4v) is 3.25. The Labute approximate surface area is 173 Å². The number of carbonyl (C=O) groups excluding carboxylic acids is 1. The molecule has 0 saturated carbocycles. The van der Waals surface area contributed by atoms with E-state index in [4.69, 9.17) is 4.74 Å².